The van der Waals surface area contributed by atoms with Crippen LogP contribution in [0.25, 0.3) is 21.8 Å². The van der Waals surface area contributed by atoms with Gasteiger partial charge in [0.1, 0.15) is 0 Å². The van der Waals surface area contributed by atoms with Crippen molar-refractivity contribution >= 4 is 80.1 Å². The van der Waals surface area contributed by atoms with Crippen LogP contribution >= 0.6 is 0 Å². The Morgan fingerprint density at radius 3 is 1.29 bits per heavy atom. The first-order valence-corrected chi connectivity index (χ1v) is 28.5. The van der Waals surface area contributed by atoms with Gasteiger partial charge in [-0.15, -0.1) is 12.3 Å². The Labute approximate surface area is 515 Å². The van der Waals surface area contributed by atoms with Crippen LogP contribution in [0.3, 0.4) is 0 Å². The van der Waals surface area contributed by atoms with E-state index in [1.807, 2.05) is 77.1 Å². The van der Waals surface area contributed by atoms with Crippen LogP contribution in [0.4, 0.5) is 49.1 Å². The van der Waals surface area contributed by atoms with E-state index in [0.717, 1.165) is 59.3 Å². The normalized spacial score (nSPS) is 12.6. The van der Waals surface area contributed by atoms with Gasteiger partial charge in [0.15, 0.2) is 23.0 Å². The lowest BCUT2D eigenvalue weighted by Crippen LogP contribution is -2.44. The number of carbonyl (C=O) groups excluding carboxylic acids is 4. The first-order chi connectivity index (χ1) is 42.6. The number of halogens is 6. The van der Waals surface area contributed by atoms with E-state index in [1.54, 1.807) is 18.2 Å². The molecule has 90 heavy (non-hydrogen) atoms. The molecule has 486 valence electrons. The number of amides is 4. The second-order valence-corrected chi connectivity index (χ2v) is 19.7. The molecule has 22 nitrogen and oxygen atoms in total. The Kier molecular flexibility index (Phi) is 27.7. The summed E-state index contributed by atoms with van der Waals surface area (Å²) >= 11 is 0. The average molecular weight is 1270 g/mol. The molecule has 0 radical (unpaired) electrons. The van der Waals surface area contributed by atoms with Crippen LogP contribution in [0, 0.1) is 18.3 Å². The largest absolute Gasteiger partial charge is 0.490 e. The molecule has 4 aromatic carbocycles. The van der Waals surface area contributed by atoms with Gasteiger partial charge in [0.25, 0.3) is 11.8 Å². The number of benzene rings is 4. The lowest BCUT2D eigenvalue weighted by Gasteiger charge is -2.21. The molecule has 1 saturated carbocycles. The van der Waals surface area contributed by atoms with Gasteiger partial charge in [0.2, 0.25) is 11.8 Å². The average Bonchev–Trinajstić information content (AvgIpc) is 0.874. The molecule has 28 heteroatoms. The predicted molar refractivity (Wildman–Crippen MR) is 326 cm³/mol. The summed E-state index contributed by atoms with van der Waals surface area (Å²) in [5.74, 6) is -2.26. The Hall–Kier alpha value is -9.62. The van der Waals surface area contributed by atoms with Crippen molar-refractivity contribution in [3.8, 4) is 35.3 Å². The second kappa shape index (κ2) is 34.2. The van der Waals surface area contributed by atoms with Gasteiger partial charge < -0.3 is 73.4 Å². The summed E-state index contributed by atoms with van der Waals surface area (Å²) in [5.41, 5.74) is 31.8. The highest BCUT2D eigenvalue weighted by Gasteiger charge is 2.39. The van der Waals surface area contributed by atoms with Crippen LogP contribution in [0.2, 0.25) is 0 Å². The van der Waals surface area contributed by atoms with Crippen molar-refractivity contribution in [1.29, 1.82) is 0 Å². The number of aromatic nitrogens is 2. The first-order valence-electron chi connectivity index (χ1n) is 28.5. The van der Waals surface area contributed by atoms with Crippen LogP contribution < -0.4 is 63.1 Å². The van der Waals surface area contributed by atoms with Gasteiger partial charge in [-0.3, -0.25) is 29.1 Å². The Bertz CT molecular complexity index is 3510. The minimum absolute atomic E-state index is 0.119. The zero-order valence-electron chi connectivity index (χ0n) is 50.4. The number of carboxylic acids is 2. The maximum atomic E-state index is 12.8. The van der Waals surface area contributed by atoms with E-state index in [4.69, 9.17) is 68.1 Å². The van der Waals surface area contributed by atoms with E-state index in [1.165, 1.54) is 12.4 Å². The summed E-state index contributed by atoms with van der Waals surface area (Å²) in [6.45, 7) is 14.1. The quantitative estimate of drug-likeness (QED) is 0.0199. The summed E-state index contributed by atoms with van der Waals surface area (Å²) in [6.07, 6.45) is 3.84. The summed E-state index contributed by atoms with van der Waals surface area (Å²) in [4.78, 5) is 76.6. The number of terminal acetylenes is 1. The number of nitrogens with two attached hydrogens (primary N) is 4. The SMILES string of the molecule is C#CC[C@H](N)C(=O)NCc1cccc(Nc2c(C(N)=O)cnc3cc(OCC)c(OCC)cc23)c1CC.CCOc1cc2ncc(C(N)=O)c(Nc3cccc(CNC(=O)[C@@H](N)C4CCCC4)c3CC)c2cc1OCC.O=C(O)C(F)(F)F.O=C(O)C(F)(F)F. The van der Waals surface area contributed by atoms with Crippen molar-refractivity contribution < 1.29 is 84.3 Å². The zero-order chi connectivity index (χ0) is 67.0. The van der Waals surface area contributed by atoms with Gasteiger partial charge in [-0.2, -0.15) is 26.3 Å². The molecule has 2 aromatic heterocycles. The van der Waals surface area contributed by atoms with Crippen LogP contribution in [0.1, 0.15) is 117 Å². The Morgan fingerprint density at radius 2 is 0.967 bits per heavy atom. The third-order valence-electron chi connectivity index (χ3n) is 13.6. The molecule has 0 aliphatic heterocycles. The molecule has 0 unspecified atom stereocenters. The summed E-state index contributed by atoms with van der Waals surface area (Å²) in [6, 6.07) is 17.5. The summed E-state index contributed by atoms with van der Waals surface area (Å²) < 4.78 is 86.6. The van der Waals surface area contributed by atoms with Crippen LogP contribution in [0.15, 0.2) is 73.1 Å². The standard InChI is InChI=1S/C30H39N5O4.C28H33N5O4.2C2HF3O2/c1-4-20-19(16-34-30(37)27(31)18-10-7-8-11-18)12-9-13-23(20)35-28-21-14-25(38-5-2)26(39-6-3)15-24(21)33-17-22(28)29(32)36;1-5-10-21(29)28(35)32-15-17-11-9-12-22(18(17)6-2)33-26-19-13-24(36-7-3)25(37-8-4)14-23(19)31-16-20(26)27(30)34;2*3-2(4,5)1(6)7/h9,12-15,17-18,27H,4-8,10-11,16,31H2,1-3H3,(H2,32,36)(H,33,35)(H,34,37);1,9,11-14,16,21H,6-8,10,15,29H2,2-4H3,(H2,30,34)(H,31,33)(H,32,35);2*(H,6,7)/t27-;21-;;/m00../s1. The number of nitrogens with zero attached hydrogens (tertiary/aromatic N) is 2. The van der Waals surface area contributed by atoms with Gasteiger partial charge in [0.05, 0.1) is 72.0 Å². The van der Waals surface area contributed by atoms with E-state index < -0.39 is 48.2 Å². The number of primary amides is 2. The summed E-state index contributed by atoms with van der Waals surface area (Å²) in [5, 5.41) is 28.3. The number of nitrogens with one attached hydrogen (secondary N) is 4. The molecule has 2 atom stereocenters. The fraction of sp³-hybridized carbons (Fsp3) is 0.387. The zero-order valence-corrected chi connectivity index (χ0v) is 50.4. The van der Waals surface area contributed by atoms with Crippen molar-refractivity contribution in [2.24, 2.45) is 28.9 Å². The molecular weight excluding hydrogens is 1190 g/mol. The number of carboxylic acid groups (broad SMARTS) is 2. The van der Waals surface area contributed by atoms with Crippen molar-refractivity contribution in [3.05, 3.63) is 106 Å². The van der Waals surface area contributed by atoms with E-state index in [0.29, 0.717) is 102 Å². The number of ether oxygens (including phenoxy) is 4. The molecule has 0 saturated heterocycles. The molecule has 0 bridgehead atoms. The van der Waals surface area contributed by atoms with E-state index in [9.17, 15) is 45.5 Å². The van der Waals surface area contributed by atoms with Crippen molar-refractivity contribution in [1.82, 2.24) is 20.6 Å². The predicted octanol–water partition coefficient (Wildman–Crippen LogP) is 9.24. The van der Waals surface area contributed by atoms with Gasteiger partial charge in [-0.25, -0.2) is 9.59 Å². The number of rotatable bonds is 24. The third-order valence-corrected chi connectivity index (χ3v) is 13.6. The molecule has 1 aliphatic carbocycles. The van der Waals surface area contributed by atoms with E-state index >= 15 is 0 Å². The maximum Gasteiger partial charge on any atom is 0.490 e. The van der Waals surface area contributed by atoms with Crippen molar-refractivity contribution in [2.75, 3.05) is 37.1 Å². The highest BCUT2D eigenvalue weighted by Crippen LogP contribution is 2.40. The molecule has 0 spiro atoms. The Morgan fingerprint density at radius 1 is 0.611 bits per heavy atom. The number of fused-ring (bicyclic) bond motifs is 2. The van der Waals surface area contributed by atoms with Gasteiger partial charge in [0, 0.05) is 66.2 Å². The topological polar surface area (TPSA) is 358 Å². The molecule has 1 fully saturated rings. The number of aliphatic carboxylic acids is 2. The maximum absolute atomic E-state index is 12.8. The van der Waals surface area contributed by atoms with Crippen molar-refractivity contribution in [2.45, 2.75) is 124 Å². The number of hydrogen-bond acceptors (Lipinski definition) is 16. The third kappa shape index (κ3) is 20.2. The Balaban J connectivity index is 0.000000317. The molecule has 7 rings (SSSR count). The van der Waals surface area contributed by atoms with Gasteiger partial charge >= 0.3 is 24.3 Å². The molecule has 2 heterocycles. The van der Waals surface area contributed by atoms with E-state index in [-0.39, 0.29) is 41.8 Å². The van der Waals surface area contributed by atoms with Crippen LogP contribution in [-0.2, 0) is 45.1 Å². The smallest absolute Gasteiger partial charge is 0.490 e. The highest BCUT2D eigenvalue weighted by molar-refractivity contribution is 6.09. The molecule has 14 N–H and O–H groups in total. The molecule has 4 amide bonds. The van der Waals surface area contributed by atoms with Crippen molar-refractivity contribution in [3.63, 3.8) is 0 Å². The number of alkyl halides is 6. The number of anilines is 4. The minimum atomic E-state index is -5.08. The summed E-state index contributed by atoms with van der Waals surface area (Å²) in [7, 11) is 0. The number of carbonyl (C=O) groups is 6. The fourth-order valence-electron chi connectivity index (χ4n) is 9.42. The van der Waals surface area contributed by atoms with Crippen LogP contribution in [0.5, 0.6) is 23.0 Å². The number of hydrogen-bond donors (Lipinski definition) is 10. The monoisotopic (exact) mass is 1260 g/mol. The second-order valence-electron chi connectivity index (χ2n) is 19.7. The highest BCUT2D eigenvalue weighted by atomic mass is 19.4. The molecule has 1 aliphatic rings. The number of pyridine rings is 2. The first kappa shape index (κ1) is 72.9. The lowest BCUT2D eigenvalue weighted by molar-refractivity contribution is -0.193. The van der Waals surface area contributed by atoms with Crippen LogP contribution in [-0.4, -0.2) is 107 Å². The van der Waals surface area contributed by atoms with E-state index in [2.05, 4.69) is 44.1 Å². The molecule has 6 aromatic rings. The molecular formula is C62H74F6N10O12. The minimum Gasteiger partial charge on any atom is -0.490 e. The van der Waals surface area contributed by atoms with Gasteiger partial charge in [-0.05, 0) is 106 Å². The lowest BCUT2D eigenvalue weighted by atomic mass is 9.97. The fourth-order valence-corrected chi connectivity index (χ4v) is 9.42. The van der Waals surface area contributed by atoms with Gasteiger partial charge in [-0.1, -0.05) is 51.0 Å².